The Balaban J connectivity index is 2.26. The van der Waals surface area contributed by atoms with Crippen molar-refractivity contribution in [2.24, 2.45) is 0 Å². The maximum atomic E-state index is 13.2. The third-order valence-corrected chi connectivity index (χ3v) is 3.30. The standard InChI is InChI=1S/C11H10BrFN2/c12-9-5-10(13)7(6-14)4-11(9)15-8-2-1-3-8/h4-5,8,15H,1-3H2. The molecule has 0 radical (unpaired) electrons. The molecule has 1 fully saturated rings. The van der Waals surface area contributed by atoms with Gasteiger partial charge in [-0.3, -0.25) is 0 Å². The lowest BCUT2D eigenvalue weighted by Crippen LogP contribution is -2.27. The van der Waals surface area contributed by atoms with Crippen molar-refractivity contribution in [1.82, 2.24) is 0 Å². The third kappa shape index (κ3) is 2.13. The maximum absolute atomic E-state index is 13.2. The second-order valence-corrected chi connectivity index (χ2v) is 4.55. The van der Waals surface area contributed by atoms with Gasteiger partial charge in [0.15, 0.2) is 0 Å². The summed E-state index contributed by atoms with van der Waals surface area (Å²) in [5.41, 5.74) is 0.887. The molecule has 0 saturated heterocycles. The molecular formula is C11H10BrFN2. The fourth-order valence-electron chi connectivity index (χ4n) is 1.52. The van der Waals surface area contributed by atoms with E-state index in [0.29, 0.717) is 10.5 Å². The largest absolute Gasteiger partial charge is 0.381 e. The van der Waals surface area contributed by atoms with Gasteiger partial charge in [-0.15, -0.1) is 0 Å². The Labute approximate surface area is 96.2 Å². The number of rotatable bonds is 2. The van der Waals surface area contributed by atoms with Crippen molar-refractivity contribution in [3.05, 3.63) is 28.0 Å². The van der Waals surface area contributed by atoms with Crippen molar-refractivity contribution < 1.29 is 4.39 Å². The highest BCUT2D eigenvalue weighted by atomic mass is 79.9. The minimum absolute atomic E-state index is 0.0834. The molecule has 1 N–H and O–H groups in total. The molecule has 2 rings (SSSR count). The van der Waals surface area contributed by atoms with Crippen LogP contribution in [0.4, 0.5) is 10.1 Å². The summed E-state index contributed by atoms with van der Waals surface area (Å²) >= 11 is 3.28. The van der Waals surface area contributed by atoms with E-state index >= 15 is 0 Å². The number of benzene rings is 1. The van der Waals surface area contributed by atoms with E-state index in [1.54, 1.807) is 6.07 Å². The van der Waals surface area contributed by atoms with Crippen LogP contribution in [0.2, 0.25) is 0 Å². The van der Waals surface area contributed by atoms with Gasteiger partial charge in [-0.05, 0) is 47.3 Å². The van der Waals surface area contributed by atoms with Crippen LogP contribution in [0.25, 0.3) is 0 Å². The first-order chi connectivity index (χ1) is 7.20. The summed E-state index contributed by atoms with van der Waals surface area (Å²) in [6.45, 7) is 0. The second-order valence-electron chi connectivity index (χ2n) is 3.70. The maximum Gasteiger partial charge on any atom is 0.142 e. The fourth-order valence-corrected chi connectivity index (χ4v) is 1.95. The van der Waals surface area contributed by atoms with Crippen LogP contribution in [0.15, 0.2) is 16.6 Å². The van der Waals surface area contributed by atoms with Crippen LogP contribution in [0.1, 0.15) is 24.8 Å². The first-order valence-corrected chi connectivity index (χ1v) is 5.65. The fraction of sp³-hybridized carbons (Fsp3) is 0.364. The smallest absolute Gasteiger partial charge is 0.142 e. The van der Waals surface area contributed by atoms with Gasteiger partial charge in [0.1, 0.15) is 11.9 Å². The Bertz CT molecular complexity index is 421. The summed E-state index contributed by atoms with van der Waals surface area (Å²) in [6.07, 6.45) is 3.53. The van der Waals surface area contributed by atoms with E-state index < -0.39 is 5.82 Å². The number of hydrogen-bond acceptors (Lipinski definition) is 2. The van der Waals surface area contributed by atoms with E-state index in [1.807, 2.05) is 6.07 Å². The van der Waals surface area contributed by atoms with Crippen LogP contribution in [0.3, 0.4) is 0 Å². The first-order valence-electron chi connectivity index (χ1n) is 4.86. The molecule has 4 heteroatoms. The van der Waals surface area contributed by atoms with E-state index in [2.05, 4.69) is 21.2 Å². The van der Waals surface area contributed by atoms with Crippen LogP contribution in [0.5, 0.6) is 0 Å². The molecular weight excluding hydrogens is 259 g/mol. The quantitative estimate of drug-likeness (QED) is 0.892. The number of nitriles is 1. The molecule has 2 nitrogen and oxygen atoms in total. The van der Waals surface area contributed by atoms with Gasteiger partial charge in [0.2, 0.25) is 0 Å². The van der Waals surface area contributed by atoms with Gasteiger partial charge in [-0.1, -0.05) is 0 Å². The Hall–Kier alpha value is -1.08. The molecule has 78 valence electrons. The van der Waals surface area contributed by atoms with Crippen molar-refractivity contribution in [2.75, 3.05) is 5.32 Å². The molecule has 15 heavy (non-hydrogen) atoms. The minimum atomic E-state index is -0.483. The van der Waals surface area contributed by atoms with Gasteiger partial charge >= 0.3 is 0 Å². The predicted octanol–water partition coefficient (Wildman–Crippen LogP) is 3.42. The molecule has 0 aromatic heterocycles. The van der Waals surface area contributed by atoms with E-state index in [4.69, 9.17) is 5.26 Å². The first kappa shape index (κ1) is 10.4. The Morgan fingerprint density at radius 1 is 1.47 bits per heavy atom. The zero-order chi connectivity index (χ0) is 10.8. The number of halogens is 2. The van der Waals surface area contributed by atoms with Gasteiger partial charge in [-0.2, -0.15) is 5.26 Å². The molecule has 0 amide bonds. The second kappa shape index (κ2) is 4.19. The molecule has 1 aliphatic carbocycles. The van der Waals surface area contributed by atoms with E-state index in [-0.39, 0.29) is 5.56 Å². The molecule has 1 aromatic rings. The Kier molecular flexibility index (Phi) is 2.92. The van der Waals surface area contributed by atoms with Crippen molar-refractivity contribution in [1.29, 1.82) is 5.26 Å². The Morgan fingerprint density at radius 2 is 2.20 bits per heavy atom. The summed E-state index contributed by atoms with van der Waals surface area (Å²) in [4.78, 5) is 0. The molecule has 1 aliphatic rings. The van der Waals surface area contributed by atoms with Gasteiger partial charge in [0.05, 0.1) is 11.3 Å². The molecule has 0 aliphatic heterocycles. The monoisotopic (exact) mass is 268 g/mol. The van der Waals surface area contributed by atoms with Crippen molar-refractivity contribution >= 4 is 21.6 Å². The van der Waals surface area contributed by atoms with E-state index in [1.165, 1.54) is 12.5 Å². The zero-order valence-corrected chi connectivity index (χ0v) is 9.64. The summed E-state index contributed by atoms with van der Waals surface area (Å²) in [5, 5.41) is 12.0. The predicted molar refractivity (Wildman–Crippen MR) is 60.1 cm³/mol. The van der Waals surface area contributed by atoms with Gasteiger partial charge in [-0.25, -0.2) is 4.39 Å². The van der Waals surface area contributed by atoms with Crippen molar-refractivity contribution in [2.45, 2.75) is 25.3 Å². The molecule has 1 aromatic carbocycles. The number of hydrogen-bond donors (Lipinski definition) is 1. The average Bonchev–Trinajstić information content (AvgIpc) is 2.14. The van der Waals surface area contributed by atoms with Crippen LogP contribution < -0.4 is 5.32 Å². The lowest BCUT2D eigenvalue weighted by Gasteiger charge is -2.28. The highest BCUT2D eigenvalue weighted by molar-refractivity contribution is 9.10. The summed E-state index contributed by atoms with van der Waals surface area (Å²) < 4.78 is 13.9. The lowest BCUT2D eigenvalue weighted by atomic mass is 9.93. The topological polar surface area (TPSA) is 35.8 Å². The molecule has 0 bridgehead atoms. The third-order valence-electron chi connectivity index (χ3n) is 2.64. The molecule has 0 atom stereocenters. The van der Waals surface area contributed by atoms with Crippen LogP contribution in [-0.2, 0) is 0 Å². The number of nitrogens with one attached hydrogen (secondary N) is 1. The van der Waals surface area contributed by atoms with Crippen LogP contribution in [-0.4, -0.2) is 6.04 Å². The van der Waals surface area contributed by atoms with Crippen molar-refractivity contribution in [3.8, 4) is 6.07 Å². The Morgan fingerprint density at radius 3 is 2.73 bits per heavy atom. The minimum Gasteiger partial charge on any atom is -0.381 e. The van der Waals surface area contributed by atoms with Crippen LogP contribution >= 0.6 is 15.9 Å². The highest BCUT2D eigenvalue weighted by Crippen LogP contribution is 2.30. The van der Waals surface area contributed by atoms with E-state index in [0.717, 1.165) is 18.5 Å². The molecule has 0 unspecified atom stereocenters. The molecule has 0 heterocycles. The molecule has 0 spiro atoms. The average molecular weight is 269 g/mol. The SMILES string of the molecule is N#Cc1cc(NC2CCC2)c(Br)cc1F. The lowest BCUT2D eigenvalue weighted by molar-refractivity contribution is 0.445. The van der Waals surface area contributed by atoms with Crippen molar-refractivity contribution in [3.63, 3.8) is 0 Å². The van der Waals surface area contributed by atoms with Gasteiger partial charge in [0, 0.05) is 10.5 Å². The zero-order valence-electron chi connectivity index (χ0n) is 8.06. The van der Waals surface area contributed by atoms with E-state index in [9.17, 15) is 4.39 Å². The molecule has 1 saturated carbocycles. The number of nitrogens with zero attached hydrogens (tertiary/aromatic N) is 1. The van der Waals surface area contributed by atoms with Gasteiger partial charge in [0.25, 0.3) is 0 Å². The summed E-state index contributed by atoms with van der Waals surface area (Å²) in [7, 11) is 0. The van der Waals surface area contributed by atoms with Crippen LogP contribution in [0, 0.1) is 17.1 Å². The van der Waals surface area contributed by atoms with Gasteiger partial charge < -0.3 is 5.32 Å². The summed E-state index contributed by atoms with van der Waals surface area (Å²) in [6, 6.07) is 5.19. The summed E-state index contributed by atoms with van der Waals surface area (Å²) in [5.74, 6) is -0.483. The normalized spacial score (nSPS) is 15.5. The highest BCUT2D eigenvalue weighted by Gasteiger charge is 2.18. The number of anilines is 1.